The van der Waals surface area contributed by atoms with Crippen molar-refractivity contribution >= 4 is 6.09 Å². The van der Waals surface area contributed by atoms with E-state index < -0.39 is 17.5 Å². The second kappa shape index (κ2) is 8.90. The van der Waals surface area contributed by atoms with Gasteiger partial charge in [0, 0.05) is 26.5 Å². The molecule has 8 heteroatoms. The maximum atomic E-state index is 12.4. The number of fused-ring (bicyclic) bond motifs is 1. The summed E-state index contributed by atoms with van der Waals surface area (Å²) in [5.41, 5.74) is 0.0974. The standard InChI is InChI=1S/C21H35N3O5/c1-13(2)9-16(23-19(25)29-20(4,5)6)14(3)24-11-15(10-22)17-18(24)21(26-7,27-8)12-28-17/h13,15-18H,3,9,11-12H2,1-2,4-8H3,(H,23,25)/t15-,16+,17?,18+/m1/s1. The number of rotatable bonds is 7. The summed E-state index contributed by atoms with van der Waals surface area (Å²) in [5.74, 6) is -1.02. The van der Waals surface area contributed by atoms with E-state index in [0.717, 1.165) is 0 Å². The summed E-state index contributed by atoms with van der Waals surface area (Å²) < 4.78 is 22.7. The second-order valence-corrected chi connectivity index (χ2v) is 9.15. The Hall–Kier alpha value is -1.82. The predicted molar refractivity (Wildman–Crippen MR) is 108 cm³/mol. The molecule has 0 bridgehead atoms. The molecular formula is C21H35N3O5. The first-order chi connectivity index (χ1) is 13.5. The number of nitriles is 1. The number of hydrogen-bond acceptors (Lipinski definition) is 7. The molecular weight excluding hydrogens is 374 g/mol. The Balaban J connectivity index is 2.28. The van der Waals surface area contributed by atoms with Gasteiger partial charge in [0.1, 0.15) is 24.4 Å². The van der Waals surface area contributed by atoms with E-state index in [1.165, 1.54) is 0 Å². The van der Waals surface area contributed by atoms with Crippen LogP contribution in [0.2, 0.25) is 0 Å². The topological polar surface area (TPSA) is 93.1 Å². The number of carbonyl (C=O) groups excluding carboxylic acids is 1. The summed E-state index contributed by atoms with van der Waals surface area (Å²) in [6.45, 7) is 14.6. The third kappa shape index (κ3) is 5.03. The van der Waals surface area contributed by atoms with Crippen molar-refractivity contribution < 1.29 is 23.7 Å². The second-order valence-electron chi connectivity index (χ2n) is 9.15. The van der Waals surface area contributed by atoms with Gasteiger partial charge in [-0.25, -0.2) is 4.79 Å². The van der Waals surface area contributed by atoms with Crippen molar-refractivity contribution in [2.45, 2.75) is 70.6 Å². The normalized spacial score (nSPS) is 26.7. The molecule has 0 aromatic carbocycles. The van der Waals surface area contributed by atoms with E-state index in [1.807, 2.05) is 25.7 Å². The largest absolute Gasteiger partial charge is 0.444 e. The van der Waals surface area contributed by atoms with E-state index in [9.17, 15) is 10.1 Å². The number of nitrogens with one attached hydrogen (secondary N) is 1. The van der Waals surface area contributed by atoms with Crippen molar-refractivity contribution in [1.29, 1.82) is 5.26 Å². The lowest BCUT2D eigenvalue weighted by Crippen LogP contribution is -2.55. The smallest absolute Gasteiger partial charge is 0.408 e. The zero-order valence-electron chi connectivity index (χ0n) is 18.7. The molecule has 164 valence electrons. The van der Waals surface area contributed by atoms with Crippen LogP contribution in [0, 0.1) is 23.2 Å². The Labute approximate surface area is 174 Å². The summed E-state index contributed by atoms with van der Waals surface area (Å²) in [4.78, 5) is 14.4. The monoisotopic (exact) mass is 409 g/mol. The van der Waals surface area contributed by atoms with Crippen LogP contribution < -0.4 is 5.32 Å². The van der Waals surface area contributed by atoms with Gasteiger partial charge in [-0.2, -0.15) is 5.26 Å². The highest BCUT2D eigenvalue weighted by Crippen LogP contribution is 2.43. The Kier molecular flexibility index (Phi) is 7.20. The lowest BCUT2D eigenvalue weighted by Gasteiger charge is -2.40. The van der Waals surface area contributed by atoms with Gasteiger partial charge in [0.25, 0.3) is 0 Å². The van der Waals surface area contributed by atoms with E-state index in [1.54, 1.807) is 14.2 Å². The van der Waals surface area contributed by atoms with Gasteiger partial charge in [-0.3, -0.25) is 0 Å². The first-order valence-electron chi connectivity index (χ1n) is 10.0. The van der Waals surface area contributed by atoms with Crippen molar-refractivity contribution in [1.82, 2.24) is 10.2 Å². The number of carbonyl (C=O) groups is 1. The summed E-state index contributed by atoms with van der Waals surface area (Å²) in [6.07, 6.45) is -0.168. The van der Waals surface area contributed by atoms with Crippen LogP contribution in [0.3, 0.4) is 0 Å². The predicted octanol–water partition coefficient (Wildman–Crippen LogP) is 2.65. The van der Waals surface area contributed by atoms with Gasteiger partial charge < -0.3 is 29.2 Å². The Morgan fingerprint density at radius 1 is 1.38 bits per heavy atom. The van der Waals surface area contributed by atoms with E-state index in [-0.39, 0.29) is 30.7 Å². The van der Waals surface area contributed by atoms with Gasteiger partial charge in [-0.1, -0.05) is 20.4 Å². The Morgan fingerprint density at radius 2 is 2.00 bits per heavy atom. The Morgan fingerprint density at radius 3 is 2.48 bits per heavy atom. The molecule has 0 spiro atoms. The molecule has 2 fully saturated rings. The molecule has 2 rings (SSSR count). The fourth-order valence-electron chi connectivity index (χ4n) is 4.07. The fourth-order valence-corrected chi connectivity index (χ4v) is 4.07. The minimum absolute atomic E-state index is 0.228. The Bertz CT molecular complexity index is 648. The van der Waals surface area contributed by atoms with Gasteiger partial charge >= 0.3 is 6.09 Å². The van der Waals surface area contributed by atoms with Crippen molar-refractivity contribution in [3.8, 4) is 6.07 Å². The van der Waals surface area contributed by atoms with Crippen LogP contribution in [-0.4, -0.2) is 67.9 Å². The molecule has 0 aromatic heterocycles. The molecule has 8 nitrogen and oxygen atoms in total. The molecule has 2 aliphatic rings. The van der Waals surface area contributed by atoms with Crippen molar-refractivity contribution in [2.75, 3.05) is 27.4 Å². The van der Waals surface area contributed by atoms with Gasteiger partial charge in [-0.15, -0.1) is 0 Å². The van der Waals surface area contributed by atoms with E-state index in [2.05, 4.69) is 31.8 Å². The third-order valence-corrected chi connectivity index (χ3v) is 5.39. The van der Waals surface area contributed by atoms with Gasteiger partial charge in [0.2, 0.25) is 5.79 Å². The maximum Gasteiger partial charge on any atom is 0.408 e. The molecule has 0 saturated carbocycles. The molecule has 2 aliphatic heterocycles. The molecule has 0 radical (unpaired) electrons. The SMILES string of the molecule is C=C([C@H](CC(C)C)NC(=O)OC(C)(C)C)N1C[C@@H](C#N)C2OCC(OC)(OC)[C@H]21. The van der Waals surface area contributed by atoms with Crippen LogP contribution in [0.15, 0.2) is 12.3 Å². The minimum Gasteiger partial charge on any atom is -0.444 e. The molecule has 1 unspecified atom stereocenters. The van der Waals surface area contributed by atoms with E-state index in [4.69, 9.17) is 18.9 Å². The maximum absolute atomic E-state index is 12.4. The first kappa shape index (κ1) is 23.5. The number of likely N-dealkylation sites (tertiary alicyclic amines) is 1. The van der Waals surface area contributed by atoms with Gasteiger partial charge in [0.15, 0.2) is 0 Å². The highest BCUT2D eigenvalue weighted by Gasteiger charge is 2.61. The molecule has 2 heterocycles. The first-order valence-corrected chi connectivity index (χ1v) is 10.0. The number of amides is 1. The average Bonchev–Trinajstić information content (AvgIpc) is 3.17. The van der Waals surface area contributed by atoms with Crippen LogP contribution >= 0.6 is 0 Å². The molecule has 0 aromatic rings. The third-order valence-electron chi connectivity index (χ3n) is 5.39. The van der Waals surface area contributed by atoms with Gasteiger partial charge in [0.05, 0.1) is 18.0 Å². The molecule has 1 N–H and O–H groups in total. The summed E-state index contributed by atoms with van der Waals surface area (Å²) in [5, 5.41) is 12.6. The van der Waals surface area contributed by atoms with Crippen LogP contribution in [0.1, 0.15) is 41.0 Å². The minimum atomic E-state index is -0.993. The van der Waals surface area contributed by atoms with Crippen molar-refractivity contribution in [3.05, 3.63) is 12.3 Å². The lowest BCUT2D eigenvalue weighted by molar-refractivity contribution is -0.224. The highest BCUT2D eigenvalue weighted by molar-refractivity contribution is 5.68. The molecule has 4 atom stereocenters. The summed E-state index contributed by atoms with van der Waals surface area (Å²) in [6, 6.07) is 1.65. The number of hydrogen-bond donors (Lipinski definition) is 1. The molecule has 1 amide bonds. The van der Waals surface area contributed by atoms with E-state index >= 15 is 0 Å². The van der Waals surface area contributed by atoms with Crippen LogP contribution in [0.5, 0.6) is 0 Å². The molecule has 29 heavy (non-hydrogen) atoms. The average molecular weight is 410 g/mol. The number of methoxy groups -OCH3 is 2. The number of nitrogens with zero attached hydrogens (tertiary/aromatic N) is 2. The summed E-state index contributed by atoms with van der Waals surface area (Å²) in [7, 11) is 3.14. The van der Waals surface area contributed by atoms with Crippen LogP contribution in [0.25, 0.3) is 0 Å². The zero-order valence-corrected chi connectivity index (χ0v) is 18.7. The fraction of sp³-hybridized carbons (Fsp3) is 0.810. The molecule has 0 aliphatic carbocycles. The van der Waals surface area contributed by atoms with E-state index in [0.29, 0.717) is 24.6 Å². The van der Waals surface area contributed by atoms with Crippen molar-refractivity contribution in [3.63, 3.8) is 0 Å². The van der Waals surface area contributed by atoms with Crippen molar-refractivity contribution in [2.24, 2.45) is 11.8 Å². The summed E-state index contributed by atoms with van der Waals surface area (Å²) >= 11 is 0. The number of alkyl carbamates (subject to hydrolysis) is 1. The lowest BCUT2D eigenvalue weighted by atomic mass is 9.98. The van der Waals surface area contributed by atoms with Gasteiger partial charge in [-0.05, 0) is 33.1 Å². The molecule has 2 saturated heterocycles. The number of ether oxygens (including phenoxy) is 4. The van der Waals surface area contributed by atoms with Crippen LogP contribution in [-0.2, 0) is 18.9 Å². The zero-order chi connectivity index (χ0) is 22.0. The van der Waals surface area contributed by atoms with Crippen LogP contribution in [0.4, 0.5) is 4.79 Å². The highest BCUT2D eigenvalue weighted by atomic mass is 16.7. The quantitative estimate of drug-likeness (QED) is 0.646.